The molecular weight excluding hydrogens is 284 g/mol. The lowest BCUT2D eigenvalue weighted by Gasteiger charge is -2.22. The summed E-state index contributed by atoms with van der Waals surface area (Å²) >= 11 is 5.98. The van der Waals surface area contributed by atoms with E-state index in [1.54, 1.807) is 25.1 Å². The van der Waals surface area contributed by atoms with Crippen LogP contribution in [0.2, 0.25) is 5.02 Å². The van der Waals surface area contributed by atoms with Gasteiger partial charge in [0.1, 0.15) is 5.25 Å². The van der Waals surface area contributed by atoms with Gasteiger partial charge in [0, 0.05) is 21.2 Å². The minimum Gasteiger partial charge on any atom is -0.399 e. The number of nitrogens with one attached hydrogen (secondary N) is 1. The molecule has 0 spiro atoms. The molecule has 19 heavy (non-hydrogen) atoms. The van der Waals surface area contributed by atoms with Gasteiger partial charge in [0.2, 0.25) is 5.91 Å². The summed E-state index contributed by atoms with van der Waals surface area (Å²) in [6.45, 7) is 7.15. The van der Waals surface area contributed by atoms with Gasteiger partial charge in [0.25, 0.3) is 0 Å². The van der Waals surface area contributed by atoms with E-state index in [2.05, 4.69) is 5.32 Å². The predicted octanol–water partition coefficient (Wildman–Crippen LogP) is 2.80. The Labute approximate surface area is 121 Å². The topological polar surface area (TPSA) is 72.2 Å². The van der Waals surface area contributed by atoms with Crippen LogP contribution in [0.1, 0.15) is 27.7 Å². The molecule has 6 heteroatoms. The summed E-state index contributed by atoms with van der Waals surface area (Å²) in [7, 11) is -1.28. The smallest absolute Gasteiger partial charge is 0.239 e. The number of amides is 1. The molecule has 2 atom stereocenters. The van der Waals surface area contributed by atoms with Crippen LogP contribution in [0.4, 0.5) is 11.4 Å². The third kappa shape index (κ3) is 4.21. The lowest BCUT2D eigenvalue weighted by atomic mass is 10.2. The Balaban J connectivity index is 2.83. The fraction of sp³-hybridized carbons (Fsp3) is 0.462. The molecule has 1 aromatic carbocycles. The number of halogens is 1. The number of anilines is 2. The summed E-state index contributed by atoms with van der Waals surface area (Å²) in [5.41, 5.74) is 6.57. The van der Waals surface area contributed by atoms with E-state index in [4.69, 9.17) is 17.3 Å². The first-order valence-corrected chi connectivity index (χ1v) is 7.48. The normalized spacial score (nSPS) is 14.8. The monoisotopic (exact) mass is 302 g/mol. The molecule has 0 aliphatic heterocycles. The van der Waals surface area contributed by atoms with E-state index in [0.29, 0.717) is 16.4 Å². The Bertz CT molecular complexity index is 512. The zero-order valence-electron chi connectivity index (χ0n) is 11.5. The molecule has 0 aromatic heterocycles. The van der Waals surface area contributed by atoms with Gasteiger partial charge in [-0.15, -0.1) is 0 Å². The van der Waals surface area contributed by atoms with Crippen molar-refractivity contribution in [3.8, 4) is 0 Å². The average Bonchev–Trinajstić information content (AvgIpc) is 2.29. The van der Waals surface area contributed by atoms with Gasteiger partial charge in [0.05, 0.1) is 10.7 Å². The van der Waals surface area contributed by atoms with Crippen molar-refractivity contribution in [3.63, 3.8) is 0 Å². The van der Waals surface area contributed by atoms with E-state index >= 15 is 0 Å². The molecule has 0 heterocycles. The second kappa shape index (κ2) is 5.92. The van der Waals surface area contributed by atoms with Crippen LogP contribution in [0.5, 0.6) is 0 Å². The van der Waals surface area contributed by atoms with Gasteiger partial charge in [-0.1, -0.05) is 11.6 Å². The van der Waals surface area contributed by atoms with Crippen LogP contribution in [0.15, 0.2) is 18.2 Å². The lowest BCUT2D eigenvalue weighted by Crippen LogP contribution is -2.37. The molecule has 0 aliphatic carbocycles. The summed E-state index contributed by atoms with van der Waals surface area (Å²) in [5.74, 6) is -0.320. The maximum atomic E-state index is 12.1. The first-order chi connectivity index (χ1) is 8.62. The van der Waals surface area contributed by atoms with Gasteiger partial charge in [-0.3, -0.25) is 9.00 Å². The summed E-state index contributed by atoms with van der Waals surface area (Å²) < 4.78 is 11.7. The van der Waals surface area contributed by atoms with E-state index in [1.165, 1.54) is 0 Å². The zero-order valence-corrected chi connectivity index (χ0v) is 13.1. The molecule has 0 fully saturated rings. The van der Waals surface area contributed by atoms with Crippen LogP contribution in [-0.2, 0) is 15.6 Å². The van der Waals surface area contributed by atoms with E-state index < -0.39 is 20.8 Å². The van der Waals surface area contributed by atoms with Gasteiger partial charge in [-0.25, -0.2) is 0 Å². The molecule has 1 amide bonds. The Kier molecular flexibility index (Phi) is 4.98. The minimum atomic E-state index is -1.28. The third-order valence-corrected chi connectivity index (χ3v) is 4.92. The molecule has 0 saturated heterocycles. The second-order valence-corrected chi connectivity index (χ2v) is 8.21. The first-order valence-electron chi connectivity index (χ1n) is 5.89. The fourth-order valence-corrected chi connectivity index (χ4v) is 3.04. The Hall–Kier alpha value is -1.07. The maximum Gasteiger partial charge on any atom is 0.239 e. The molecule has 0 bridgehead atoms. The van der Waals surface area contributed by atoms with Crippen molar-refractivity contribution < 1.29 is 9.00 Å². The van der Waals surface area contributed by atoms with Crippen molar-refractivity contribution in [2.45, 2.75) is 37.7 Å². The molecule has 106 valence electrons. The fourth-order valence-electron chi connectivity index (χ4n) is 1.49. The van der Waals surface area contributed by atoms with Crippen LogP contribution in [-0.4, -0.2) is 20.1 Å². The van der Waals surface area contributed by atoms with Gasteiger partial charge in [-0.2, -0.15) is 0 Å². The molecular formula is C13H19ClN2O2S. The summed E-state index contributed by atoms with van der Waals surface area (Å²) in [6.07, 6.45) is 0. The van der Waals surface area contributed by atoms with Crippen molar-refractivity contribution in [3.05, 3.63) is 23.2 Å². The van der Waals surface area contributed by atoms with Crippen LogP contribution in [0.25, 0.3) is 0 Å². The van der Waals surface area contributed by atoms with Gasteiger partial charge >= 0.3 is 0 Å². The summed E-state index contributed by atoms with van der Waals surface area (Å²) in [4.78, 5) is 12.0. The number of nitrogens with two attached hydrogens (primary N) is 1. The highest BCUT2D eigenvalue weighted by Crippen LogP contribution is 2.25. The van der Waals surface area contributed by atoms with Crippen LogP contribution < -0.4 is 11.1 Å². The number of hydrogen-bond acceptors (Lipinski definition) is 3. The molecule has 1 rings (SSSR count). The van der Waals surface area contributed by atoms with E-state index in [0.717, 1.165) is 0 Å². The Morgan fingerprint density at radius 2 is 2.00 bits per heavy atom. The molecule has 2 unspecified atom stereocenters. The standard InChI is InChI=1S/C13H19ClN2O2S/c1-8(19(18)13(2,3)4)12(17)16-11-6-5-9(15)7-10(11)14/h5-8H,15H2,1-4H3,(H,16,17). The second-order valence-electron chi connectivity index (χ2n) is 5.28. The minimum absolute atomic E-state index is 0.320. The van der Waals surface area contributed by atoms with Crippen molar-refractivity contribution in [2.24, 2.45) is 0 Å². The molecule has 0 aliphatic rings. The van der Waals surface area contributed by atoms with E-state index in [-0.39, 0.29) is 5.91 Å². The highest BCUT2D eigenvalue weighted by molar-refractivity contribution is 7.87. The number of carbonyl (C=O) groups excluding carboxylic acids is 1. The number of nitrogen functional groups attached to an aromatic ring is 1. The molecule has 4 nitrogen and oxygen atoms in total. The third-order valence-electron chi connectivity index (χ3n) is 2.54. The number of hydrogen-bond donors (Lipinski definition) is 2. The molecule has 0 saturated carbocycles. The van der Waals surface area contributed by atoms with Crippen molar-refractivity contribution in [1.82, 2.24) is 0 Å². The highest BCUT2D eigenvalue weighted by atomic mass is 35.5. The van der Waals surface area contributed by atoms with Crippen LogP contribution >= 0.6 is 11.6 Å². The van der Waals surface area contributed by atoms with Crippen molar-refractivity contribution >= 4 is 39.7 Å². The predicted molar refractivity (Wildman–Crippen MR) is 81.9 cm³/mol. The van der Waals surface area contributed by atoms with E-state index in [9.17, 15) is 9.00 Å². The SMILES string of the molecule is CC(C(=O)Nc1ccc(N)cc1Cl)S(=O)C(C)(C)C. The highest BCUT2D eigenvalue weighted by Gasteiger charge is 2.29. The van der Waals surface area contributed by atoms with Crippen LogP contribution in [0, 0.1) is 0 Å². The first kappa shape index (κ1) is 16.0. The molecule has 0 radical (unpaired) electrons. The zero-order chi connectivity index (χ0) is 14.8. The quantitative estimate of drug-likeness (QED) is 0.843. The van der Waals surface area contributed by atoms with E-state index in [1.807, 2.05) is 20.8 Å². The Morgan fingerprint density at radius 3 is 2.47 bits per heavy atom. The van der Waals surface area contributed by atoms with Gasteiger partial charge in [-0.05, 0) is 45.9 Å². The largest absolute Gasteiger partial charge is 0.399 e. The van der Waals surface area contributed by atoms with Crippen LogP contribution in [0.3, 0.4) is 0 Å². The summed E-state index contributed by atoms with van der Waals surface area (Å²) in [5, 5.41) is 2.42. The Morgan fingerprint density at radius 1 is 1.42 bits per heavy atom. The van der Waals surface area contributed by atoms with Crippen molar-refractivity contribution in [1.29, 1.82) is 0 Å². The summed E-state index contributed by atoms with van der Waals surface area (Å²) in [6, 6.07) is 4.83. The average molecular weight is 303 g/mol. The number of rotatable bonds is 3. The maximum absolute atomic E-state index is 12.1. The molecule has 3 N–H and O–H groups in total. The molecule has 1 aromatic rings. The number of benzene rings is 1. The number of carbonyl (C=O) groups is 1. The van der Waals surface area contributed by atoms with Crippen molar-refractivity contribution in [2.75, 3.05) is 11.1 Å². The van der Waals surface area contributed by atoms with Gasteiger partial charge in [0.15, 0.2) is 0 Å². The van der Waals surface area contributed by atoms with Gasteiger partial charge < -0.3 is 11.1 Å². The lowest BCUT2D eigenvalue weighted by molar-refractivity contribution is -0.115.